The third-order valence-corrected chi connectivity index (χ3v) is 5.71. The molecular formula is C27H30N4O. The van der Waals surface area contributed by atoms with Crippen molar-refractivity contribution in [1.82, 2.24) is 14.9 Å². The molecule has 2 aromatic carbocycles. The summed E-state index contributed by atoms with van der Waals surface area (Å²) in [5.74, 6) is 1.65. The van der Waals surface area contributed by atoms with Gasteiger partial charge in [-0.15, -0.1) is 0 Å². The van der Waals surface area contributed by atoms with Gasteiger partial charge in [-0.1, -0.05) is 72.3 Å². The van der Waals surface area contributed by atoms with E-state index < -0.39 is 0 Å². The highest BCUT2D eigenvalue weighted by atomic mass is 16.2. The lowest BCUT2D eigenvalue weighted by molar-refractivity contribution is -0.119. The molecule has 32 heavy (non-hydrogen) atoms. The molecule has 0 radical (unpaired) electrons. The fourth-order valence-corrected chi connectivity index (χ4v) is 4.24. The van der Waals surface area contributed by atoms with E-state index in [9.17, 15) is 4.79 Å². The number of hydrogen-bond donors (Lipinski definition) is 0. The van der Waals surface area contributed by atoms with Crippen LogP contribution in [0.5, 0.6) is 0 Å². The highest BCUT2D eigenvalue weighted by Crippen LogP contribution is 2.29. The van der Waals surface area contributed by atoms with E-state index in [-0.39, 0.29) is 5.91 Å². The van der Waals surface area contributed by atoms with Crippen LogP contribution < -0.4 is 4.90 Å². The Hall–Kier alpha value is -3.31. The summed E-state index contributed by atoms with van der Waals surface area (Å²) in [5.41, 5.74) is 5.64. The Morgan fingerprint density at radius 1 is 1.03 bits per heavy atom. The van der Waals surface area contributed by atoms with Crippen LogP contribution in [0.3, 0.4) is 0 Å². The molecule has 0 bridgehead atoms. The number of aryl methyl sites for hydroxylation is 1. The third kappa shape index (κ3) is 5.29. The lowest BCUT2D eigenvalue weighted by Gasteiger charge is -2.30. The molecule has 0 aliphatic carbocycles. The van der Waals surface area contributed by atoms with Crippen molar-refractivity contribution in [3.8, 4) is 0 Å². The van der Waals surface area contributed by atoms with Crippen molar-refractivity contribution in [2.75, 3.05) is 18.5 Å². The predicted molar refractivity (Wildman–Crippen MR) is 129 cm³/mol. The second-order valence-electron chi connectivity index (χ2n) is 8.57. The topological polar surface area (TPSA) is 49.3 Å². The summed E-state index contributed by atoms with van der Waals surface area (Å²) in [6.07, 6.45) is 3.42. The van der Waals surface area contributed by atoms with E-state index in [4.69, 9.17) is 9.97 Å². The minimum absolute atomic E-state index is 0.125. The molecule has 1 amide bonds. The highest BCUT2D eigenvalue weighted by Gasteiger charge is 2.28. The summed E-state index contributed by atoms with van der Waals surface area (Å²) < 4.78 is 0. The van der Waals surface area contributed by atoms with Crippen LogP contribution >= 0.6 is 0 Å². The lowest BCUT2D eigenvalue weighted by atomic mass is 10.0. The van der Waals surface area contributed by atoms with Crippen LogP contribution in [0.1, 0.15) is 41.6 Å². The zero-order valence-corrected chi connectivity index (χ0v) is 19.1. The summed E-state index contributed by atoms with van der Waals surface area (Å²) >= 11 is 0. The maximum atomic E-state index is 12.8. The van der Waals surface area contributed by atoms with E-state index in [1.807, 2.05) is 48.2 Å². The maximum Gasteiger partial charge on any atom is 0.228 e. The smallest absolute Gasteiger partial charge is 0.228 e. The van der Waals surface area contributed by atoms with Crippen molar-refractivity contribution in [2.45, 2.75) is 39.8 Å². The van der Waals surface area contributed by atoms with Gasteiger partial charge in [-0.05, 0) is 38.4 Å². The number of carbonyl (C=O) groups excluding carboxylic acids is 1. The fraction of sp³-hybridized carbons (Fsp3) is 0.296. The first-order valence-electron chi connectivity index (χ1n) is 11.1. The number of carbonyl (C=O) groups is 1. The molecule has 5 nitrogen and oxygen atoms in total. The summed E-state index contributed by atoms with van der Waals surface area (Å²) in [4.78, 5) is 26.4. The van der Waals surface area contributed by atoms with Gasteiger partial charge in [-0.3, -0.25) is 14.6 Å². The van der Waals surface area contributed by atoms with E-state index in [1.165, 1.54) is 11.1 Å². The molecule has 5 heteroatoms. The molecule has 0 saturated carbocycles. The number of anilines is 1. The zero-order chi connectivity index (χ0) is 22.5. The molecule has 0 atom stereocenters. The van der Waals surface area contributed by atoms with Crippen LogP contribution in [0.2, 0.25) is 0 Å². The van der Waals surface area contributed by atoms with Crippen LogP contribution in [0.25, 0.3) is 6.08 Å². The van der Waals surface area contributed by atoms with Gasteiger partial charge in [-0.2, -0.15) is 0 Å². The van der Waals surface area contributed by atoms with Crippen LogP contribution in [0.4, 0.5) is 5.82 Å². The number of benzene rings is 2. The molecule has 1 aromatic heterocycles. The zero-order valence-electron chi connectivity index (χ0n) is 19.1. The second kappa shape index (κ2) is 9.88. The highest BCUT2D eigenvalue weighted by molar-refractivity contribution is 5.95. The molecule has 0 N–H and O–H groups in total. The Labute approximate surface area is 190 Å². The lowest BCUT2D eigenvalue weighted by Crippen LogP contribution is -2.36. The molecule has 2 heterocycles. The number of aromatic nitrogens is 2. The monoisotopic (exact) mass is 426 g/mol. The summed E-state index contributed by atoms with van der Waals surface area (Å²) in [5, 5.41) is 0. The Balaban J connectivity index is 1.52. The van der Waals surface area contributed by atoms with Crippen LogP contribution in [-0.2, 0) is 24.3 Å². The molecule has 3 aromatic rings. The largest absolute Gasteiger partial charge is 0.295 e. The molecular weight excluding hydrogens is 396 g/mol. The van der Waals surface area contributed by atoms with E-state index >= 15 is 0 Å². The SMILES string of the molecule is C/C(=C\c1ccccc1)CN(C)Cc1nc(C)c2c(n1)N(Cc1ccccc1)C(=O)CC2. The Bertz CT molecular complexity index is 1110. The number of hydrogen-bond acceptors (Lipinski definition) is 4. The van der Waals surface area contributed by atoms with Gasteiger partial charge in [0.15, 0.2) is 0 Å². The van der Waals surface area contributed by atoms with Crippen molar-refractivity contribution in [2.24, 2.45) is 0 Å². The number of nitrogens with zero attached hydrogens (tertiary/aromatic N) is 4. The van der Waals surface area contributed by atoms with Crippen LogP contribution in [0.15, 0.2) is 66.2 Å². The Kier molecular flexibility index (Phi) is 6.76. The molecule has 0 fully saturated rings. The van der Waals surface area contributed by atoms with E-state index in [0.29, 0.717) is 25.9 Å². The molecule has 0 unspecified atom stereocenters. The van der Waals surface area contributed by atoms with Gasteiger partial charge >= 0.3 is 0 Å². The molecule has 1 aliphatic heterocycles. The van der Waals surface area contributed by atoms with Crippen LogP contribution in [-0.4, -0.2) is 34.4 Å². The standard InChI is InChI=1S/C27H30N4O/c1-20(16-22-10-6-4-7-11-22)17-30(3)19-25-28-21(2)24-14-15-26(32)31(27(24)29-25)18-23-12-8-5-9-13-23/h4-13,16H,14-15,17-19H2,1-3H3/b20-16+. The molecule has 1 aliphatic rings. The van der Waals surface area contributed by atoms with Crippen molar-refractivity contribution in [3.63, 3.8) is 0 Å². The van der Waals surface area contributed by atoms with E-state index in [1.54, 1.807) is 0 Å². The summed E-state index contributed by atoms with van der Waals surface area (Å²) in [6, 6.07) is 20.4. The average molecular weight is 427 g/mol. The molecule has 164 valence electrons. The number of likely N-dealkylation sites (N-methyl/N-ethyl adjacent to an activating group) is 1. The van der Waals surface area contributed by atoms with Gasteiger partial charge in [0, 0.05) is 24.2 Å². The van der Waals surface area contributed by atoms with Gasteiger partial charge in [0.05, 0.1) is 13.1 Å². The van der Waals surface area contributed by atoms with Gasteiger partial charge < -0.3 is 0 Å². The fourth-order valence-electron chi connectivity index (χ4n) is 4.24. The third-order valence-electron chi connectivity index (χ3n) is 5.71. The number of amides is 1. The van der Waals surface area contributed by atoms with Crippen molar-refractivity contribution in [1.29, 1.82) is 0 Å². The summed E-state index contributed by atoms with van der Waals surface area (Å²) in [6.45, 7) is 6.16. The number of rotatable bonds is 7. The summed E-state index contributed by atoms with van der Waals surface area (Å²) in [7, 11) is 2.08. The Morgan fingerprint density at radius 3 is 2.44 bits per heavy atom. The van der Waals surface area contributed by atoms with E-state index in [2.05, 4.69) is 49.2 Å². The van der Waals surface area contributed by atoms with Gasteiger partial charge in [0.2, 0.25) is 5.91 Å². The maximum absolute atomic E-state index is 12.8. The predicted octanol–water partition coefficient (Wildman–Crippen LogP) is 4.80. The van der Waals surface area contributed by atoms with Gasteiger partial charge in [0.25, 0.3) is 0 Å². The Morgan fingerprint density at radius 2 is 1.72 bits per heavy atom. The minimum atomic E-state index is 0.125. The first-order valence-corrected chi connectivity index (χ1v) is 11.1. The van der Waals surface area contributed by atoms with Gasteiger partial charge in [-0.25, -0.2) is 9.97 Å². The van der Waals surface area contributed by atoms with Gasteiger partial charge in [0.1, 0.15) is 11.6 Å². The molecule has 4 rings (SSSR count). The van der Waals surface area contributed by atoms with Crippen LogP contribution in [0, 0.1) is 6.92 Å². The normalized spacial score (nSPS) is 14.1. The number of fused-ring (bicyclic) bond motifs is 1. The first kappa shape index (κ1) is 21.9. The average Bonchev–Trinajstić information content (AvgIpc) is 2.77. The quantitative estimate of drug-likeness (QED) is 0.545. The minimum Gasteiger partial charge on any atom is -0.295 e. The van der Waals surface area contributed by atoms with Crippen molar-refractivity contribution >= 4 is 17.8 Å². The molecule has 0 saturated heterocycles. The van der Waals surface area contributed by atoms with E-state index in [0.717, 1.165) is 35.0 Å². The van der Waals surface area contributed by atoms with Crippen molar-refractivity contribution in [3.05, 3.63) is 94.4 Å². The van der Waals surface area contributed by atoms with Crippen molar-refractivity contribution < 1.29 is 4.79 Å². The second-order valence-corrected chi connectivity index (χ2v) is 8.57. The molecule has 0 spiro atoms. The first-order chi connectivity index (χ1) is 15.5.